The Hall–Kier alpha value is -2.72. The molecule has 3 aromatic rings. The Kier molecular flexibility index (Phi) is 7.44. The van der Waals surface area contributed by atoms with E-state index in [2.05, 4.69) is 36.8 Å². The lowest BCUT2D eigenvalue weighted by Crippen LogP contribution is -2.39. The van der Waals surface area contributed by atoms with E-state index in [1.54, 1.807) is 0 Å². The number of hydrogen-bond acceptors (Lipinski definition) is 7. The van der Waals surface area contributed by atoms with Crippen molar-refractivity contribution in [1.29, 1.82) is 0 Å². The average Bonchev–Trinajstić information content (AvgIpc) is 3.26. The molecule has 7 nitrogen and oxygen atoms in total. The summed E-state index contributed by atoms with van der Waals surface area (Å²) >= 11 is 1.31. The minimum atomic E-state index is -0.906. The van der Waals surface area contributed by atoms with Crippen molar-refractivity contribution in [3.8, 4) is 0 Å². The van der Waals surface area contributed by atoms with Crippen LogP contribution in [0.2, 0.25) is 0 Å². The maximum Gasteiger partial charge on any atom is 0.201 e. The first kappa shape index (κ1) is 23.4. The van der Waals surface area contributed by atoms with Crippen LogP contribution >= 0.6 is 11.9 Å². The van der Waals surface area contributed by atoms with Gasteiger partial charge in [-0.2, -0.15) is 0 Å². The number of aromatic nitrogens is 3. The van der Waals surface area contributed by atoms with Crippen molar-refractivity contribution in [2.24, 2.45) is 0 Å². The van der Waals surface area contributed by atoms with Gasteiger partial charge in [0.15, 0.2) is 5.82 Å². The molecule has 0 saturated carbocycles. The summed E-state index contributed by atoms with van der Waals surface area (Å²) in [6.45, 7) is 7.12. The van der Waals surface area contributed by atoms with Crippen molar-refractivity contribution in [2.75, 3.05) is 35.4 Å². The van der Waals surface area contributed by atoms with Gasteiger partial charge in [-0.05, 0) is 37.9 Å². The molecule has 1 fully saturated rings. The zero-order chi connectivity index (χ0) is 23.4. The number of ketones is 1. The lowest BCUT2D eigenvalue weighted by molar-refractivity contribution is 0.103. The maximum atomic E-state index is 15.1. The summed E-state index contributed by atoms with van der Waals surface area (Å²) in [6.07, 6.45) is 5.64. The van der Waals surface area contributed by atoms with E-state index in [4.69, 9.17) is 0 Å². The van der Waals surface area contributed by atoms with Crippen LogP contribution in [0.1, 0.15) is 49.0 Å². The van der Waals surface area contributed by atoms with Crippen LogP contribution in [0.15, 0.2) is 24.7 Å². The third-order valence-corrected chi connectivity index (χ3v) is 6.87. The van der Waals surface area contributed by atoms with Gasteiger partial charge in [0, 0.05) is 31.1 Å². The Balaban J connectivity index is 1.65. The molecule has 176 valence electrons. The third-order valence-electron chi connectivity index (χ3n) is 5.90. The molecule has 0 bridgehead atoms. The summed E-state index contributed by atoms with van der Waals surface area (Å²) in [5, 5.41) is 3.87. The summed E-state index contributed by atoms with van der Waals surface area (Å²) < 4.78 is 32.7. The molecule has 4 rings (SSSR count). The number of carbonyl (C=O) groups excluding carboxylic acids is 1. The van der Waals surface area contributed by atoms with Crippen LogP contribution in [0.25, 0.3) is 11.0 Å². The molecule has 0 unspecified atom stereocenters. The van der Waals surface area contributed by atoms with Gasteiger partial charge >= 0.3 is 0 Å². The number of nitrogens with one attached hydrogen (secondary N) is 3. The number of rotatable bonds is 9. The Morgan fingerprint density at radius 2 is 2.03 bits per heavy atom. The van der Waals surface area contributed by atoms with Crippen LogP contribution < -0.4 is 10.0 Å². The first-order valence-electron chi connectivity index (χ1n) is 11.2. The second kappa shape index (κ2) is 10.5. The SMILES string of the molecule is CCCSNc1ccc(F)c(C(=O)c2c[nH]c3ncnc(NC4CCN(CC)CC4)c23)c1F. The number of aromatic amines is 1. The van der Waals surface area contributed by atoms with Crippen LogP contribution in [-0.4, -0.2) is 57.1 Å². The second-order valence-corrected chi connectivity index (χ2v) is 8.97. The molecule has 33 heavy (non-hydrogen) atoms. The molecule has 1 aliphatic rings. The molecule has 1 saturated heterocycles. The van der Waals surface area contributed by atoms with E-state index in [0.717, 1.165) is 50.7 Å². The van der Waals surface area contributed by atoms with Gasteiger partial charge in [-0.3, -0.25) is 4.79 Å². The summed E-state index contributed by atoms with van der Waals surface area (Å²) in [5.74, 6) is -1.31. The first-order chi connectivity index (χ1) is 16.0. The normalized spacial score (nSPS) is 15.2. The zero-order valence-electron chi connectivity index (χ0n) is 18.8. The zero-order valence-corrected chi connectivity index (χ0v) is 19.6. The predicted octanol–water partition coefficient (Wildman–Crippen LogP) is 4.83. The van der Waals surface area contributed by atoms with E-state index in [9.17, 15) is 9.18 Å². The fourth-order valence-corrected chi connectivity index (χ4v) is 4.66. The van der Waals surface area contributed by atoms with E-state index in [-0.39, 0.29) is 17.3 Å². The van der Waals surface area contributed by atoms with Crippen LogP contribution in [0.3, 0.4) is 0 Å². The van der Waals surface area contributed by atoms with Gasteiger partial charge in [0.05, 0.1) is 22.2 Å². The van der Waals surface area contributed by atoms with E-state index < -0.39 is 23.0 Å². The maximum absolute atomic E-state index is 15.1. The minimum Gasteiger partial charge on any atom is -0.367 e. The molecule has 0 spiro atoms. The van der Waals surface area contributed by atoms with E-state index in [0.29, 0.717) is 16.9 Å². The molecule has 0 radical (unpaired) electrons. The number of anilines is 2. The van der Waals surface area contributed by atoms with Crippen LogP contribution in [0.4, 0.5) is 20.3 Å². The second-order valence-electron chi connectivity index (χ2n) is 8.06. The smallest absolute Gasteiger partial charge is 0.201 e. The summed E-state index contributed by atoms with van der Waals surface area (Å²) in [7, 11) is 0. The van der Waals surface area contributed by atoms with Crippen LogP contribution in [0, 0.1) is 11.6 Å². The molecule has 1 aromatic carbocycles. The van der Waals surface area contributed by atoms with Crippen molar-refractivity contribution < 1.29 is 13.6 Å². The van der Waals surface area contributed by atoms with Crippen molar-refractivity contribution in [2.45, 2.75) is 39.2 Å². The Morgan fingerprint density at radius 3 is 2.76 bits per heavy atom. The van der Waals surface area contributed by atoms with E-state index in [1.165, 1.54) is 30.5 Å². The summed E-state index contributed by atoms with van der Waals surface area (Å²) in [5.41, 5.74) is 0.0603. The van der Waals surface area contributed by atoms with Gasteiger partial charge in [0.25, 0.3) is 0 Å². The number of likely N-dealkylation sites (tertiary alicyclic amines) is 1. The predicted molar refractivity (Wildman–Crippen MR) is 129 cm³/mol. The Labute approximate surface area is 195 Å². The molecular weight excluding hydrogens is 446 g/mol. The molecule has 0 aliphatic carbocycles. The molecule has 2 aromatic heterocycles. The lowest BCUT2D eigenvalue weighted by atomic mass is 10.0. The number of carbonyl (C=O) groups is 1. The number of piperidine rings is 1. The van der Waals surface area contributed by atoms with Gasteiger partial charge in [-0.15, -0.1) is 0 Å². The molecule has 3 N–H and O–H groups in total. The van der Waals surface area contributed by atoms with Crippen LogP contribution in [0.5, 0.6) is 0 Å². The summed E-state index contributed by atoms with van der Waals surface area (Å²) in [4.78, 5) is 27.2. The Bertz CT molecular complexity index is 1130. The highest BCUT2D eigenvalue weighted by Gasteiger charge is 2.27. The minimum absolute atomic E-state index is 0.0790. The van der Waals surface area contributed by atoms with Crippen molar-refractivity contribution in [3.05, 3.63) is 47.4 Å². The highest BCUT2D eigenvalue weighted by Crippen LogP contribution is 2.31. The number of nitrogens with zero attached hydrogens (tertiary/aromatic N) is 3. The highest BCUT2D eigenvalue weighted by atomic mass is 32.2. The van der Waals surface area contributed by atoms with Gasteiger partial charge in [-0.1, -0.05) is 25.8 Å². The third kappa shape index (κ3) is 4.96. The van der Waals surface area contributed by atoms with E-state index >= 15 is 4.39 Å². The lowest BCUT2D eigenvalue weighted by Gasteiger charge is -2.31. The molecular formula is C23H28F2N6OS. The standard InChI is InChI=1S/C23H28F2N6OS/c1-3-11-33-30-17-6-5-16(24)19(20(17)25)21(32)15-12-26-22-18(15)23(28-13-27-22)29-14-7-9-31(4-2)10-8-14/h5-6,12-14,30H,3-4,7-11H2,1-2H3,(H2,26,27,28,29). The quantitative estimate of drug-likeness (QED) is 0.233. The van der Waals surface area contributed by atoms with Crippen molar-refractivity contribution >= 4 is 40.3 Å². The highest BCUT2D eigenvalue weighted by molar-refractivity contribution is 8.00. The molecule has 10 heteroatoms. The largest absolute Gasteiger partial charge is 0.367 e. The number of H-pyrrole nitrogens is 1. The average molecular weight is 475 g/mol. The van der Waals surface area contributed by atoms with Gasteiger partial charge < -0.3 is 19.9 Å². The van der Waals surface area contributed by atoms with Gasteiger partial charge in [-0.25, -0.2) is 18.7 Å². The number of benzene rings is 1. The topological polar surface area (TPSA) is 85.9 Å². The summed E-state index contributed by atoms with van der Waals surface area (Å²) in [6, 6.07) is 2.61. The van der Waals surface area contributed by atoms with Gasteiger partial charge in [0.2, 0.25) is 5.78 Å². The van der Waals surface area contributed by atoms with Gasteiger partial charge in [0.1, 0.15) is 23.6 Å². The van der Waals surface area contributed by atoms with Crippen molar-refractivity contribution in [3.63, 3.8) is 0 Å². The number of fused-ring (bicyclic) bond motifs is 1. The molecule has 0 atom stereocenters. The fourth-order valence-electron chi connectivity index (χ4n) is 4.04. The Morgan fingerprint density at radius 1 is 1.24 bits per heavy atom. The van der Waals surface area contributed by atoms with Crippen LogP contribution in [-0.2, 0) is 0 Å². The molecule has 0 amide bonds. The number of hydrogen-bond donors (Lipinski definition) is 3. The molecule has 1 aliphatic heterocycles. The monoisotopic (exact) mass is 474 g/mol. The first-order valence-corrected chi connectivity index (χ1v) is 12.2. The fraction of sp³-hybridized carbons (Fsp3) is 0.435. The molecule has 3 heterocycles. The van der Waals surface area contributed by atoms with E-state index in [1.807, 2.05) is 6.92 Å². The van der Waals surface area contributed by atoms with Crippen molar-refractivity contribution in [1.82, 2.24) is 19.9 Å². The number of halogens is 2.